The second kappa shape index (κ2) is 12.0. The van der Waals surface area contributed by atoms with E-state index < -0.39 is 5.91 Å². The SMILES string of the molecule is COCCN(C)C(=O)c1cccc(NC(=O)c2c(C)nc(-c3ccc(OC)c(-c4c(C)cccc4C)c3)n2O)c1. The molecule has 9 heteroatoms. The molecule has 0 unspecified atom stereocenters. The van der Waals surface area contributed by atoms with Crippen LogP contribution in [0.25, 0.3) is 22.5 Å². The average molecular weight is 543 g/mol. The minimum Gasteiger partial charge on any atom is -0.496 e. The Bertz CT molecular complexity index is 1540. The van der Waals surface area contributed by atoms with E-state index in [-0.39, 0.29) is 17.4 Å². The lowest BCUT2D eigenvalue weighted by Gasteiger charge is -2.17. The summed E-state index contributed by atoms with van der Waals surface area (Å²) in [5.74, 6) is 0.160. The number of rotatable bonds is 9. The number of hydrogen-bond acceptors (Lipinski definition) is 6. The van der Waals surface area contributed by atoms with Crippen molar-refractivity contribution in [1.29, 1.82) is 0 Å². The highest BCUT2D eigenvalue weighted by atomic mass is 16.5. The van der Waals surface area contributed by atoms with Gasteiger partial charge in [-0.15, -0.1) is 0 Å². The lowest BCUT2D eigenvalue weighted by molar-refractivity contribution is 0.0744. The average Bonchev–Trinajstić information content (AvgIpc) is 3.24. The number of amides is 2. The van der Waals surface area contributed by atoms with Gasteiger partial charge in [0.25, 0.3) is 11.8 Å². The van der Waals surface area contributed by atoms with Gasteiger partial charge in [0.15, 0.2) is 11.5 Å². The Morgan fingerprint density at radius 3 is 2.38 bits per heavy atom. The first kappa shape index (κ1) is 28.4. The predicted octanol–water partition coefficient (Wildman–Crippen LogP) is 5.36. The molecule has 2 amide bonds. The zero-order valence-electron chi connectivity index (χ0n) is 23.6. The number of carbonyl (C=O) groups excluding carboxylic acids is 2. The molecule has 0 spiro atoms. The van der Waals surface area contributed by atoms with Crippen molar-refractivity contribution < 1.29 is 24.3 Å². The number of methoxy groups -OCH3 is 2. The van der Waals surface area contributed by atoms with E-state index in [0.717, 1.165) is 27.0 Å². The zero-order valence-corrected chi connectivity index (χ0v) is 23.6. The highest BCUT2D eigenvalue weighted by molar-refractivity contribution is 6.05. The van der Waals surface area contributed by atoms with Crippen molar-refractivity contribution in [3.8, 4) is 28.3 Å². The standard InChI is InChI=1S/C31H34N4O5/c1-19-9-7-10-20(2)27(19)25-18-22(13-14-26(25)40-6)29-32-21(3)28(35(29)38)30(36)33-24-12-8-11-23(17-24)31(37)34(4)15-16-39-5/h7-14,17-18,38H,15-16H2,1-6H3,(H,33,36). The molecule has 1 heterocycles. The van der Waals surface area contributed by atoms with Crippen molar-refractivity contribution in [2.75, 3.05) is 39.7 Å². The van der Waals surface area contributed by atoms with Gasteiger partial charge in [-0.1, -0.05) is 24.3 Å². The maximum absolute atomic E-state index is 13.3. The number of anilines is 1. The zero-order chi connectivity index (χ0) is 29.0. The highest BCUT2D eigenvalue weighted by Crippen LogP contribution is 2.37. The summed E-state index contributed by atoms with van der Waals surface area (Å²) in [6, 6.07) is 18.2. The molecule has 40 heavy (non-hydrogen) atoms. The molecule has 0 bridgehead atoms. The molecular formula is C31H34N4O5. The second-order valence-electron chi connectivity index (χ2n) is 9.62. The van der Waals surface area contributed by atoms with Gasteiger partial charge < -0.3 is 24.9 Å². The van der Waals surface area contributed by atoms with E-state index in [4.69, 9.17) is 9.47 Å². The number of nitrogens with one attached hydrogen (secondary N) is 1. The third-order valence-corrected chi connectivity index (χ3v) is 6.80. The van der Waals surface area contributed by atoms with E-state index in [1.54, 1.807) is 63.4 Å². The molecular weight excluding hydrogens is 508 g/mol. The third-order valence-electron chi connectivity index (χ3n) is 6.80. The van der Waals surface area contributed by atoms with Gasteiger partial charge in [0.05, 0.1) is 19.4 Å². The summed E-state index contributed by atoms with van der Waals surface area (Å²) in [4.78, 5) is 32.1. The monoisotopic (exact) mass is 542 g/mol. The van der Waals surface area contributed by atoms with Crippen LogP contribution in [0.15, 0.2) is 60.7 Å². The molecule has 4 rings (SSSR count). The van der Waals surface area contributed by atoms with Crippen LogP contribution in [-0.4, -0.2) is 66.1 Å². The smallest absolute Gasteiger partial charge is 0.277 e. The summed E-state index contributed by atoms with van der Waals surface area (Å²) in [6.07, 6.45) is 0. The van der Waals surface area contributed by atoms with E-state index in [1.165, 1.54) is 0 Å². The van der Waals surface area contributed by atoms with Crippen molar-refractivity contribution in [3.63, 3.8) is 0 Å². The number of aromatic nitrogens is 2. The van der Waals surface area contributed by atoms with Crippen LogP contribution in [0.2, 0.25) is 0 Å². The van der Waals surface area contributed by atoms with Gasteiger partial charge in [-0.25, -0.2) is 4.98 Å². The highest BCUT2D eigenvalue weighted by Gasteiger charge is 2.23. The van der Waals surface area contributed by atoms with E-state index in [2.05, 4.69) is 10.3 Å². The van der Waals surface area contributed by atoms with Crippen LogP contribution in [0.5, 0.6) is 5.75 Å². The third kappa shape index (κ3) is 5.69. The molecule has 0 saturated heterocycles. The summed E-state index contributed by atoms with van der Waals surface area (Å²) in [5, 5.41) is 13.9. The molecule has 0 aliphatic carbocycles. The van der Waals surface area contributed by atoms with Crippen molar-refractivity contribution in [3.05, 3.63) is 88.7 Å². The Morgan fingerprint density at radius 1 is 1.00 bits per heavy atom. The fourth-order valence-electron chi connectivity index (χ4n) is 4.72. The summed E-state index contributed by atoms with van der Waals surface area (Å²) in [5.41, 5.74) is 5.88. The Morgan fingerprint density at radius 2 is 1.70 bits per heavy atom. The second-order valence-corrected chi connectivity index (χ2v) is 9.62. The molecule has 0 aliphatic heterocycles. The molecule has 1 aromatic heterocycles. The normalized spacial score (nSPS) is 10.8. The summed E-state index contributed by atoms with van der Waals surface area (Å²) in [7, 11) is 4.88. The predicted molar refractivity (Wildman–Crippen MR) is 154 cm³/mol. The van der Waals surface area contributed by atoms with Crippen LogP contribution >= 0.6 is 0 Å². The molecule has 9 nitrogen and oxygen atoms in total. The molecule has 4 aromatic rings. The van der Waals surface area contributed by atoms with E-state index in [1.807, 2.05) is 44.2 Å². The molecule has 0 atom stereocenters. The van der Waals surface area contributed by atoms with Gasteiger partial charge in [0.2, 0.25) is 0 Å². The van der Waals surface area contributed by atoms with E-state index in [9.17, 15) is 14.8 Å². The number of hydrogen-bond donors (Lipinski definition) is 2. The quantitative estimate of drug-likeness (QED) is 0.276. The van der Waals surface area contributed by atoms with Gasteiger partial charge in [-0.05, 0) is 73.9 Å². The summed E-state index contributed by atoms with van der Waals surface area (Å²) in [6.45, 7) is 6.59. The van der Waals surface area contributed by atoms with E-state index >= 15 is 0 Å². The minimum absolute atomic E-state index is 0.00613. The van der Waals surface area contributed by atoms with Crippen molar-refractivity contribution in [2.24, 2.45) is 0 Å². The maximum Gasteiger partial charge on any atom is 0.277 e. The Hall–Kier alpha value is -4.63. The fourth-order valence-corrected chi connectivity index (χ4v) is 4.72. The van der Waals surface area contributed by atoms with Crippen LogP contribution in [0.3, 0.4) is 0 Å². The van der Waals surface area contributed by atoms with Crippen molar-refractivity contribution >= 4 is 17.5 Å². The molecule has 0 radical (unpaired) electrons. The Labute approximate surface area is 233 Å². The number of aryl methyl sites for hydroxylation is 3. The van der Waals surface area contributed by atoms with E-state index in [0.29, 0.717) is 41.4 Å². The van der Waals surface area contributed by atoms with Crippen LogP contribution in [0.1, 0.15) is 37.7 Å². The molecule has 0 saturated carbocycles. The molecule has 0 fully saturated rings. The fraction of sp³-hybridized carbons (Fsp3) is 0.258. The van der Waals surface area contributed by atoms with Gasteiger partial charge in [0.1, 0.15) is 5.75 Å². The lowest BCUT2D eigenvalue weighted by atomic mass is 9.93. The van der Waals surface area contributed by atoms with Gasteiger partial charge >= 0.3 is 0 Å². The first-order valence-electron chi connectivity index (χ1n) is 12.9. The number of carbonyl (C=O) groups is 2. The topological polar surface area (TPSA) is 106 Å². The maximum atomic E-state index is 13.3. The largest absolute Gasteiger partial charge is 0.496 e. The number of benzene rings is 3. The van der Waals surface area contributed by atoms with Gasteiger partial charge in [-0.3, -0.25) is 9.59 Å². The number of nitrogens with zero attached hydrogens (tertiary/aromatic N) is 3. The van der Waals surface area contributed by atoms with Crippen LogP contribution < -0.4 is 10.1 Å². The molecule has 208 valence electrons. The minimum atomic E-state index is -0.556. The van der Waals surface area contributed by atoms with Crippen LogP contribution in [0, 0.1) is 20.8 Å². The summed E-state index contributed by atoms with van der Waals surface area (Å²) < 4.78 is 11.5. The summed E-state index contributed by atoms with van der Waals surface area (Å²) >= 11 is 0. The van der Waals surface area contributed by atoms with Crippen LogP contribution in [-0.2, 0) is 4.74 Å². The van der Waals surface area contributed by atoms with Crippen LogP contribution in [0.4, 0.5) is 5.69 Å². The van der Waals surface area contributed by atoms with Crippen molar-refractivity contribution in [1.82, 2.24) is 14.6 Å². The van der Waals surface area contributed by atoms with Crippen molar-refractivity contribution in [2.45, 2.75) is 20.8 Å². The van der Waals surface area contributed by atoms with Gasteiger partial charge in [-0.2, -0.15) is 4.73 Å². The Balaban J connectivity index is 1.64. The molecule has 3 aromatic carbocycles. The Kier molecular flexibility index (Phi) is 8.55. The first-order chi connectivity index (χ1) is 19.2. The number of ether oxygens (including phenoxy) is 2. The number of imidazole rings is 1. The molecule has 0 aliphatic rings. The lowest BCUT2D eigenvalue weighted by Crippen LogP contribution is -2.30. The first-order valence-corrected chi connectivity index (χ1v) is 12.9. The number of likely N-dealkylation sites (N-methyl/N-ethyl adjacent to an activating group) is 1. The van der Waals surface area contributed by atoms with Gasteiger partial charge in [0, 0.05) is 43.1 Å². The molecule has 2 N–H and O–H groups in total.